The second-order valence-corrected chi connectivity index (χ2v) is 19.0. The second-order valence-electron chi connectivity index (χ2n) is 19.0. The van der Waals surface area contributed by atoms with Gasteiger partial charge in [-0.05, 0) is 104 Å². The lowest BCUT2D eigenvalue weighted by molar-refractivity contribution is -0.136. The topological polar surface area (TPSA) is 201 Å². The van der Waals surface area contributed by atoms with E-state index in [0.717, 1.165) is 71.0 Å². The van der Waals surface area contributed by atoms with E-state index in [4.69, 9.17) is 19.4 Å². The number of morpholine rings is 1. The fourth-order valence-corrected chi connectivity index (χ4v) is 10.7. The number of aromatic amines is 2. The number of benzene rings is 3. The molecular weight excluding hydrogens is 860 g/mol. The van der Waals surface area contributed by atoms with Crippen molar-refractivity contribution in [3.8, 4) is 0 Å². The van der Waals surface area contributed by atoms with Gasteiger partial charge in [0.25, 0.3) is 0 Å². The van der Waals surface area contributed by atoms with E-state index < -0.39 is 24.3 Å². The Morgan fingerprint density at radius 3 is 1.72 bits per heavy atom. The summed E-state index contributed by atoms with van der Waals surface area (Å²) in [6.07, 6.45) is 2.69. The van der Waals surface area contributed by atoms with Gasteiger partial charge in [-0.1, -0.05) is 39.8 Å². The summed E-state index contributed by atoms with van der Waals surface area (Å²) in [4.78, 5) is 76.3. The van der Waals surface area contributed by atoms with Gasteiger partial charge in [-0.15, -0.1) is 0 Å². The summed E-state index contributed by atoms with van der Waals surface area (Å²) in [5.74, 6) is 0.242. The van der Waals surface area contributed by atoms with Gasteiger partial charge in [-0.3, -0.25) is 9.59 Å². The van der Waals surface area contributed by atoms with E-state index in [1.807, 2.05) is 61.8 Å². The smallest absolute Gasteiger partial charge is 0.407 e. The van der Waals surface area contributed by atoms with Gasteiger partial charge in [0.15, 0.2) is 0 Å². The van der Waals surface area contributed by atoms with Crippen LogP contribution in [0.4, 0.5) is 25.4 Å². The summed E-state index contributed by atoms with van der Waals surface area (Å²) >= 11 is 0. The molecule has 9 rings (SSSR count). The first kappa shape index (κ1) is 45.7. The van der Waals surface area contributed by atoms with Crippen molar-refractivity contribution in [1.29, 1.82) is 0 Å². The van der Waals surface area contributed by atoms with Crippen molar-refractivity contribution in [1.82, 2.24) is 40.4 Å². The highest BCUT2D eigenvalue weighted by atomic mass is 19.1. The standard InChI is InChI=1S/C49H61FN10O7/c1-27(2)42(55-48(63)64)46(61)58-18-6-8-40(58)44-51-33-13-10-29(24-35(33)53-44)37-16-17-38(60(37)31-12-15-39(32(50)26-31)57-20-22-67-23-21-57)30-11-14-34-36(25-30)54-45(52-34)41-9-7-19-59(41)47(62)43(28(3)4)56-49(65)66-5/h10-15,24-28,37-38,40-43,55H,6-9,16-23H2,1-5H3,(H,51,53)(H,52,54)(H,56,65)(H,63,64)/t37-,38-,40+,41+,42+,43+/m1/s1. The molecule has 4 saturated heterocycles. The first-order valence-corrected chi connectivity index (χ1v) is 23.6. The molecule has 67 heavy (non-hydrogen) atoms. The molecule has 0 unspecified atom stereocenters. The van der Waals surface area contributed by atoms with Gasteiger partial charge < -0.3 is 54.8 Å². The average molecular weight is 921 g/mol. The van der Waals surface area contributed by atoms with Crippen molar-refractivity contribution < 1.29 is 38.1 Å². The van der Waals surface area contributed by atoms with Crippen LogP contribution in [0.25, 0.3) is 22.1 Å². The SMILES string of the molecule is COC(=O)N[C@H](C(=O)N1CCC[C@H]1c1nc2ccc([C@H]3CC[C@H](c4ccc5nc([C@@H]6CCCN6C(=O)[C@@H](NC(=O)O)C(C)C)[nH]c5c4)N3c3ccc(N4CCOCC4)c(F)c3)cc2[nH]1)C(C)C. The number of hydrogen-bond donors (Lipinski definition) is 5. The van der Waals surface area contributed by atoms with Crippen LogP contribution in [-0.4, -0.2) is 117 Å². The summed E-state index contributed by atoms with van der Waals surface area (Å²) < 4.78 is 26.7. The summed E-state index contributed by atoms with van der Waals surface area (Å²) in [6, 6.07) is 15.5. The predicted octanol–water partition coefficient (Wildman–Crippen LogP) is 7.50. The van der Waals surface area contributed by atoms with Crippen molar-refractivity contribution in [2.45, 2.75) is 102 Å². The highest BCUT2D eigenvalue weighted by Gasteiger charge is 2.41. The molecular formula is C49H61FN10O7. The van der Waals surface area contributed by atoms with E-state index in [1.54, 1.807) is 11.0 Å². The number of halogens is 1. The quantitative estimate of drug-likeness (QED) is 0.0830. The number of alkyl carbamates (subject to hydrolysis) is 1. The Morgan fingerprint density at radius 2 is 1.24 bits per heavy atom. The fourth-order valence-electron chi connectivity index (χ4n) is 10.7. The molecule has 0 aliphatic carbocycles. The van der Waals surface area contributed by atoms with E-state index in [2.05, 4.69) is 49.8 Å². The molecule has 18 heteroatoms. The summed E-state index contributed by atoms with van der Waals surface area (Å²) in [6.45, 7) is 10.8. The summed E-state index contributed by atoms with van der Waals surface area (Å²) in [5.41, 5.74) is 6.56. The number of aromatic nitrogens is 4. The number of hydrogen-bond acceptors (Lipinski definition) is 10. The van der Waals surface area contributed by atoms with Crippen molar-refractivity contribution >= 4 is 57.4 Å². The molecule has 2 aromatic heterocycles. The Hall–Kier alpha value is -6.43. The van der Waals surface area contributed by atoms with Crippen LogP contribution < -0.4 is 20.4 Å². The molecule has 6 heterocycles. The van der Waals surface area contributed by atoms with E-state index >= 15 is 4.39 Å². The average Bonchev–Trinajstić information content (AvgIpc) is 4.18. The number of ether oxygens (including phenoxy) is 2. The largest absolute Gasteiger partial charge is 0.465 e. The zero-order valence-corrected chi connectivity index (χ0v) is 38.8. The number of nitrogens with one attached hydrogen (secondary N) is 4. The number of rotatable bonds is 12. The van der Waals surface area contributed by atoms with Gasteiger partial charge in [0.05, 0.1) is 72.2 Å². The normalized spacial score (nSPS) is 22.0. The number of likely N-dealkylation sites (tertiary alicyclic amines) is 2. The second kappa shape index (κ2) is 19.1. The maximum Gasteiger partial charge on any atom is 0.407 e. The number of carbonyl (C=O) groups is 4. The monoisotopic (exact) mass is 920 g/mol. The van der Waals surface area contributed by atoms with Gasteiger partial charge in [-0.25, -0.2) is 23.9 Å². The Morgan fingerprint density at radius 1 is 0.716 bits per heavy atom. The van der Waals surface area contributed by atoms with E-state index in [9.17, 15) is 24.3 Å². The number of methoxy groups -OCH3 is 1. The summed E-state index contributed by atoms with van der Waals surface area (Å²) in [7, 11) is 1.28. The lowest BCUT2D eigenvalue weighted by atomic mass is 10.0. The highest BCUT2D eigenvalue weighted by Crippen LogP contribution is 2.48. The maximum absolute atomic E-state index is 16.3. The predicted molar refractivity (Wildman–Crippen MR) is 250 cm³/mol. The minimum atomic E-state index is -1.23. The Labute approximate surface area is 388 Å². The fraction of sp³-hybridized carbons (Fsp3) is 0.510. The molecule has 4 amide bonds. The van der Waals surface area contributed by atoms with Crippen LogP contribution in [0.2, 0.25) is 0 Å². The molecule has 5 N–H and O–H groups in total. The number of H-pyrrole nitrogens is 2. The number of nitrogens with zero attached hydrogens (tertiary/aromatic N) is 6. The Balaban J connectivity index is 1.02. The van der Waals surface area contributed by atoms with E-state index in [0.29, 0.717) is 63.1 Å². The lowest BCUT2D eigenvalue weighted by Gasteiger charge is -2.34. The van der Waals surface area contributed by atoms with Crippen molar-refractivity contribution in [3.05, 3.63) is 83.2 Å². The Kier molecular flexibility index (Phi) is 13.0. The van der Waals surface area contributed by atoms with Crippen LogP contribution in [0.3, 0.4) is 0 Å². The van der Waals surface area contributed by atoms with Crippen LogP contribution in [-0.2, 0) is 19.1 Å². The highest BCUT2D eigenvalue weighted by molar-refractivity contribution is 5.87. The molecule has 356 valence electrons. The third kappa shape index (κ3) is 9.07. The number of amides is 4. The van der Waals surface area contributed by atoms with Gasteiger partial charge in [0.2, 0.25) is 11.8 Å². The molecule has 0 spiro atoms. The zero-order chi connectivity index (χ0) is 47.1. The van der Waals surface area contributed by atoms with Crippen LogP contribution in [0.1, 0.15) is 113 Å². The lowest BCUT2D eigenvalue weighted by Crippen LogP contribution is -2.51. The van der Waals surface area contributed by atoms with Gasteiger partial charge in [0.1, 0.15) is 29.5 Å². The van der Waals surface area contributed by atoms with Crippen molar-refractivity contribution in [2.75, 3.05) is 56.3 Å². The number of carboxylic acid groups (broad SMARTS) is 1. The first-order chi connectivity index (χ1) is 32.3. The molecule has 5 aromatic rings. The Bertz CT molecular complexity index is 2640. The molecule has 0 saturated carbocycles. The minimum absolute atomic E-state index is 0.130. The first-order valence-electron chi connectivity index (χ1n) is 23.6. The molecule has 6 atom stereocenters. The maximum atomic E-state index is 16.3. The number of imidazole rings is 2. The van der Waals surface area contributed by atoms with E-state index in [-0.39, 0.29) is 53.6 Å². The molecule has 3 aromatic carbocycles. The van der Waals surface area contributed by atoms with Crippen LogP contribution in [0, 0.1) is 17.7 Å². The van der Waals surface area contributed by atoms with Crippen molar-refractivity contribution in [3.63, 3.8) is 0 Å². The van der Waals surface area contributed by atoms with Crippen LogP contribution in [0.5, 0.6) is 0 Å². The molecule has 0 bridgehead atoms. The molecule has 4 aliphatic rings. The molecule has 17 nitrogen and oxygen atoms in total. The number of anilines is 2. The molecule has 4 aliphatic heterocycles. The van der Waals surface area contributed by atoms with Gasteiger partial charge >= 0.3 is 12.2 Å². The zero-order valence-electron chi connectivity index (χ0n) is 38.8. The van der Waals surface area contributed by atoms with Crippen LogP contribution >= 0.6 is 0 Å². The van der Waals surface area contributed by atoms with Crippen LogP contribution in [0.15, 0.2) is 54.6 Å². The van der Waals surface area contributed by atoms with Crippen molar-refractivity contribution in [2.24, 2.45) is 11.8 Å². The van der Waals surface area contributed by atoms with E-state index in [1.165, 1.54) is 7.11 Å². The third-order valence-corrected chi connectivity index (χ3v) is 14.1. The third-order valence-electron chi connectivity index (χ3n) is 14.1. The molecule has 4 fully saturated rings. The number of fused-ring (bicyclic) bond motifs is 2. The summed E-state index contributed by atoms with van der Waals surface area (Å²) in [5, 5.41) is 14.6. The minimum Gasteiger partial charge on any atom is -0.465 e. The van der Waals surface area contributed by atoms with Gasteiger partial charge in [-0.2, -0.15) is 0 Å². The van der Waals surface area contributed by atoms with Gasteiger partial charge in [0, 0.05) is 31.9 Å². The number of carbonyl (C=O) groups excluding carboxylic acids is 3. The molecule has 0 radical (unpaired) electrons.